The molecule has 1 amide bonds. The minimum atomic E-state index is 0.0235. The number of rotatable bonds is 6. The number of nitrogens with zero attached hydrogens (tertiary/aromatic N) is 1. The van der Waals surface area contributed by atoms with Crippen LogP contribution in [-0.4, -0.2) is 23.5 Å². The van der Waals surface area contributed by atoms with Gasteiger partial charge in [-0.2, -0.15) is 0 Å². The fourth-order valence-corrected chi connectivity index (χ4v) is 3.83. The molecule has 1 saturated carbocycles. The van der Waals surface area contributed by atoms with Crippen molar-refractivity contribution in [3.8, 4) is 9.88 Å². The van der Waals surface area contributed by atoms with Gasteiger partial charge in [0.1, 0.15) is 5.01 Å². The second-order valence-electron chi connectivity index (χ2n) is 5.05. The summed E-state index contributed by atoms with van der Waals surface area (Å²) in [5.41, 5.74) is 6.53. The molecule has 3 N–H and O–H groups in total. The number of hydrogen-bond donors (Lipinski definition) is 2. The van der Waals surface area contributed by atoms with Crippen LogP contribution in [0.5, 0.6) is 0 Å². The van der Waals surface area contributed by atoms with Gasteiger partial charge in [0, 0.05) is 18.0 Å². The third-order valence-electron chi connectivity index (χ3n) is 3.42. The molecule has 2 aromatic rings. The monoisotopic (exact) mass is 307 g/mol. The summed E-state index contributed by atoms with van der Waals surface area (Å²) in [5, 5.41) is 8.00. The Bertz CT molecular complexity index is 575. The number of carbonyl (C=O) groups excluding carboxylic acids is 1. The van der Waals surface area contributed by atoms with Gasteiger partial charge in [0.25, 0.3) is 0 Å². The molecule has 0 saturated heterocycles. The molecule has 2 aromatic heterocycles. The molecule has 0 radical (unpaired) electrons. The summed E-state index contributed by atoms with van der Waals surface area (Å²) >= 11 is 3.25. The number of thiophene rings is 1. The van der Waals surface area contributed by atoms with E-state index in [0.29, 0.717) is 18.9 Å². The third-order valence-corrected chi connectivity index (χ3v) is 5.35. The van der Waals surface area contributed by atoms with Gasteiger partial charge in [0.2, 0.25) is 5.91 Å². The van der Waals surface area contributed by atoms with E-state index in [1.807, 2.05) is 22.9 Å². The average Bonchev–Trinajstić information content (AvgIpc) is 2.95. The molecule has 3 rings (SSSR count). The summed E-state index contributed by atoms with van der Waals surface area (Å²) in [7, 11) is 0. The van der Waals surface area contributed by atoms with Gasteiger partial charge in [-0.3, -0.25) is 4.79 Å². The highest BCUT2D eigenvalue weighted by Crippen LogP contribution is 2.32. The molecular weight excluding hydrogens is 290 g/mol. The molecule has 4 nitrogen and oxygen atoms in total. The smallest absolute Gasteiger partial charge is 0.226 e. The zero-order valence-electron chi connectivity index (χ0n) is 11.0. The highest BCUT2D eigenvalue weighted by molar-refractivity contribution is 7.20. The highest BCUT2D eigenvalue weighted by atomic mass is 32.1. The molecule has 1 aliphatic rings. The molecule has 1 fully saturated rings. The van der Waals surface area contributed by atoms with Crippen LogP contribution in [0.25, 0.3) is 9.88 Å². The van der Waals surface area contributed by atoms with Gasteiger partial charge in [-0.1, -0.05) is 6.07 Å². The van der Waals surface area contributed by atoms with E-state index < -0.39 is 0 Å². The van der Waals surface area contributed by atoms with Gasteiger partial charge in [-0.25, -0.2) is 4.98 Å². The van der Waals surface area contributed by atoms with Crippen LogP contribution < -0.4 is 11.1 Å². The molecule has 2 heterocycles. The first-order valence-corrected chi connectivity index (χ1v) is 8.50. The maximum Gasteiger partial charge on any atom is 0.226 e. The van der Waals surface area contributed by atoms with E-state index in [1.165, 1.54) is 12.8 Å². The van der Waals surface area contributed by atoms with Gasteiger partial charge < -0.3 is 11.1 Å². The second kappa shape index (κ2) is 6.03. The Labute approximate surface area is 126 Å². The Kier molecular flexibility index (Phi) is 4.14. The van der Waals surface area contributed by atoms with Crippen molar-refractivity contribution in [1.29, 1.82) is 0 Å². The molecule has 0 spiro atoms. The number of amides is 1. The SMILES string of the molecule is NCC(NC(=O)Cc1csc(-c2cccs2)n1)C1CC1. The van der Waals surface area contributed by atoms with Crippen molar-refractivity contribution in [3.05, 3.63) is 28.6 Å². The van der Waals surface area contributed by atoms with Gasteiger partial charge in [-0.15, -0.1) is 22.7 Å². The molecule has 0 aliphatic heterocycles. The molecule has 0 bridgehead atoms. The standard InChI is InChI=1S/C14H17N3OS2/c15-7-11(9-3-4-9)17-13(18)6-10-8-20-14(16-10)12-2-1-5-19-12/h1-2,5,8-9,11H,3-4,6-7,15H2,(H,17,18). The van der Waals surface area contributed by atoms with E-state index >= 15 is 0 Å². The lowest BCUT2D eigenvalue weighted by atomic mass is 10.2. The highest BCUT2D eigenvalue weighted by Gasteiger charge is 2.31. The Balaban J connectivity index is 1.58. The van der Waals surface area contributed by atoms with Gasteiger partial charge in [0.05, 0.1) is 17.0 Å². The summed E-state index contributed by atoms with van der Waals surface area (Å²) < 4.78 is 0. The van der Waals surface area contributed by atoms with Crippen LogP contribution in [0.15, 0.2) is 22.9 Å². The van der Waals surface area contributed by atoms with Crippen molar-refractivity contribution in [2.45, 2.75) is 25.3 Å². The van der Waals surface area contributed by atoms with Crippen molar-refractivity contribution in [2.24, 2.45) is 11.7 Å². The molecular formula is C14H17N3OS2. The first kappa shape index (κ1) is 13.7. The van der Waals surface area contributed by atoms with E-state index in [9.17, 15) is 4.79 Å². The summed E-state index contributed by atoms with van der Waals surface area (Å²) in [6, 6.07) is 4.19. The predicted molar refractivity (Wildman–Crippen MR) is 82.8 cm³/mol. The lowest BCUT2D eigenvalue weighted by molar-refractivity contribution is -0.121. The summed E-state index contributed by atoms with van der Waals surface area (Å²) in [4.78, 5) is 17.7. The van der Waals surface area contributed by atoms with Gasteiger partial charge >= 0.3 is 0 Å². The summed E-state index contributed by atoms with van der Waals surface area (Å²) in [5.74, 6) is 0.608. The maximum absolute atomic E-state index is 12.0. The van der Waals surface area contributed by atoms with Crippen LogP contribution in [-0.2, 0) is 11.2 Å². The lowest BCUT2D eigenvalue weighted by Gasteiger charge is -2.15. The first-order valence-electron chi connectivity index (χ1n) is 6.74. The number of thiazole rings is 1. The van der Waals surface area contributed by atoms with Gasteiger partial charge in [0.15, 0.2) is 0 Å². The molecule has 1 aliphatic carbocycles. The van der Waals surface area contributed by atoms with Crippen LogP contribution in [0.1, 0.15) is 18.5 Å². The van der Waals surface area contributed by atoms with Crippen molar-refractivity contribution in [1.82, 2.24) is 10.3 Å². The van der Waals surface area contributed by atoms with Crippen molar-refractivity contribution < 1.29 is 4.79 Å². The number of hydrogen-bond acceptors (Lipinski definition) is 5. The number of aromatic nitrogens is 1. The van der Waals surface area contributed by atoms with Gasteiger partial charge in [-0.05, 0) is 30.2 Å². The van der Waals surface area contributed by atoms with Crippen LogP contribution in [0.4, 0.5) is 0 Å². The van der Waals surface area contributed by atoms with Crippen LogP contribution >= 0.6 is 22.7 Å². The Morgan fingerprint density at radius 2 is 2.35 bits per heavy atom. The van der Waals surface area contributed by atoms with Crippen molar-refractivity contribution >= 4 is 28.6 Å². The fraction of sp³-hybridized carbons (Fsp3) is 0.429. The first-order chi connectivity index (χ1) is 9.76. The normalized spacial score (nSPS) is 16.1. The zero-order valence-corrected chi connectivity index (χ0v) is 12.7. The third kappa shape index (κ3) is 3.26. The fourth-order valence-electron chi connectivity index (χ4n) is 2.19. The topological polar surface area (TPSA) is 68.0 Å². The largest absolute Gasteiger partial charge is 0.351 e. The molecule has 6 heteroatoms. The van der Waals surface area contributed by atoms with Crippen LogP contribution in [0, 0.1) is 5.92 Å². The zero-order chi connectivity index (χ0) is 13.9. The van der Waals surface area contributed by atoms with Crippen molar-refractivity contribution in [3.63, 3.8) is 0 Å². The lowest BCUT2D eigenvalue weighted by Crippen LogP contribution is -2.42. The quantitative estimate of drug-likeness (QED) is 0.860. The Hall–Kier alpha value is -1.24. The molecule has 1 atom stereocenters. The molecule has 1 unspecified atom stereocenters. The Morgan fingerprint density at radius 1 is 1.50 bits per heavy atom. The summed E-state index contributed by atoms with van der Waals surface area (Å²) in [6.45, 7) is 0.522. The number of nitrogens with two attached hydrogens (primary N) is 1. The van der Waals surface area contributed by atoms with Crippen LogP contribution in [0.3, 0.4) is 0 Å². The van der Waals surface area contributed by atoms with E-state index in [-0.39, 0.29) is 11.9 Å². The van der Waals surface area contributed by atoms with E-state index in [0.717, 1.165) is 15.6 Å². The second-order valence-corrected chi connectivity index (χ2v) is 6.85. The minimum Gasteiger partial charge on any atom is -0.351 e. The average molecular weight is 307 g/mol. The molecule has 20 heavy (non-hydrogen) atoms. The van der Waals surface area contributed by atoms with E-state index in [2.05, 4.69) is 10.3 Å². The van der Waals surface area contributed by atoms with Crippen molar-refractivity contribution in [2.75, 3.05) is 6.54 Å². The molecule has 106 valence electrons. The molecule has 0 aromatic carbocycles. The summed E-state index contributed by atoms with van der Waals surface area (Å²) in [6.07, 6.45) is 2.70. The van der Waals surface area contributed by atoms with E-state index in [4.69, 9.17) is 5.73 Å². The van der Waals surface area contributed by atoms with E-state index in [1.54, 1.807) is 22.7 Å². The minimum absolute atomic E-state index is 0.0235. The number of carbonyl (C=O) groups is 1. The van der Waals surface area contributed by atoms with Crippen LogP contribution in [0.2, 0.25) is 0 Å². The Morgan fingerprint density at radius 3 is 3.00 bits per heavy atom. The number of nitrogens with one attached hydrogen (secondary N) is 1. The predicted octanol–water partition coefficient (Wildman–Crippen LogP) is 2.27. The maximum atomic E-state index is 12.0.